The van der Waals surface area contributed by atoms with Gasteiger partial charge in [0.2, 0.25) is 0 Å². The van der Waals surface area contributed by atoms with Crippen LogP contribution in [-0.4, -0.2) is 48.3 Å². The van der Waals surface area contributed by atoms with E-state index < -0.39 is 9.84 Å². The van der Waals surface area contributed by atoms with Crippen LogP contribution in [0.15, 0.2) is 42.6 Å². The summed E-state index contributed by atoms with van der Waals surface area (Å²) in [5.74, 6) is 0.447. The number of nitriles is 1. The molecule has 1 fully saturated rings. The molecule has 0 spiro atoms. The van der Waals surface area contributed by atoms with Gasteiger partial charge in [-0.15, -0.1) is 0 Å². The van der Waals surface area contributed by atoms with Crippen molar-refractivity contribution >= 4 is 27.2 Å². The molecule has 1 aromatic carbocycles. The van der Waals surface area contributed by atoms with E-state index in [0.717, 1.165) is 5.69 Å². The highest BCUT2D eigenvalue weighted by Gasteiger charge is 2.34. The molecule has 0 bridgehead atoms. The highest BCUT2D eigenvalue weighted by Crippen LogP contribution is 2.21. The third-order valence-corrected chi connectivity index (χ3v) is 6.29. The Morgan fingerprint density at radius 1 is 1.33 bits per heavy atom. The van der Waals surface area contributed by atoms with Crippen molar-refractivity contribution < 1.29 is 13.2 Å². The second-order valence-corrected chi connectivity index (χ2v) is 8.62. The van der Waals surface area contributed by atoms with Gasteiger partial charge in [-0.2, -0.15) is 5.26 Å². The Kier molecular flexibility index (Phi) is 5.42. The molecule has 140 valence electrons. The van der Waals surface area contributed by atoms with Crippen molar-refractivity contribution in [3.8, 4) is 6.07 Å². The predicted octanol–water partition coefficient (Wildman–Crippen LogP) is 2.35. The average molecular weight is 384 g/mol. The molecule has 27 heavy (non-hydrogen) atoms. The summed E-state index contributed by atoms with van der Waals surface area (Å²) in [5, 5.41) is 12.0. The summed E-state index contributed by atoms with van der Waals surface area (Å²) >= 11 is 0. The Morgan fingerprint density at radius 3 is 2.67 bits per heavy atom. The highest BCUT2D eigenvalue weighted by molar-refractivity contribution is 7.91. The number of nitrogens with one attached hydrogen (secondary N) is 1. The number of carbonyl (C=O) groups is 1. The first-order valence-electron chi connectivity index (χ1n) is 8.66. The molecule has 0 aliphatic carbocycles. The van der Waals surface area contributed by atoms with Gasteiger partial charge in [-0.1, -0.05) is 0 Å². The maximum atomic E-state index is 12.9. The van der Waals surface area contributed by atoms with Gasteiger partial charge in [0.1, 0.15) is 5.82 Å². The van der Waals surface area contributed by atoms with E-state index in [1.165, 1.54) is 0 Å². The molecule has 1 aliphatic rings. The van der Waals surface area contributed by atoms with Crippen LogP contribution in [0.2, 0.25) is 0 Å². The molecule has 1 N–H and O–H groups in total. The molecule has 8 heteroatoms. The lowest BCUT2D eigenvalue weighted by atomic mass is 10.1. The summed E-state index contributed by atoms with van der Waals surface area (Å²) in [6.45, 7) is 2.29. The predicted molar refractivity (Wildman–Crippen MR) is 102 cm³/mol. The fourth-order valence-corrected chi connectivity index (χ4v) is 4.89. The molecule has 3 rings (SSSR count). The van der Waals surface area contributed by atoms with Crippen LogP contribution in [0, 0.1) is 11.3 Å². The van der Waals surface area contributed by atoms with Crippen LogP contribution >= 0.6 is 0 Å². The lowest BCUT2D eigenvalue weighted by Gasteiger charge is -2.27. The van der Waals surface area contributed by atoms with Gasteiger partial charge in [-0.3, -0.25) is 4.79 Å². The van der Waals surface area contributed by atoms with Crippen molar-refractivity contribution in [3.05, 3.63) is 53.7 Å². The number of aromatic nitrogens is 1. The zero-order valence-electron chi connectivity index (χ0n) is 14.9. The molecule has 1 unspecified atom stereocenters. The molecule has 0 radical (unpaired) electrons. The molecule has 2 heterocycles. The van der Waals surface area contributed by atoms with E-state index in [1.807, 2.05) is 6.92 Å². The van der Waals surface area contributed by atoms with Gasteiger partial charge in [-0.25, -0.2) is 13.4 Å². The van der Waals surface area contributed by atoms with Crippen LogP contribution in [0.4, 0.5) is 11.5 Å². The number of nitrogens with zero attached hydrogens (tertiary/aromatic N) is 3. The van der Waals surface area contributed by atoms with Gasteiger partial charge >= 0.3 is 0 Å². The van der Waals surface area contributed by atoms with Crippen LogP contribution in [0.3, 0.4) is 0 Å². The zero-order valence-corrected chi connectivity index (χ0v) is 15.7. The molecule has 0 saturated carbocycles. The molecule has 1 amide bonds. The SMILES string of the molecule is CCN(C(=O)c1ccnc(Nc2ccc(C#N)cc2)c1)C1CCS(=O)(=O)C1. The standard InChI is InChI=1S/C19H20N4O3S/c1-2-23(17-8-10-27(25,26)13-17)19(24)15-7-9-21-18(11-15)22-16-5-3-14(12-20)4-6-16/h3-7,9,11,17H,2,8,10,13H2,1H3,(H,21,22). The number of carbonyl (C=O) groups excluding carboxylic acids is 1. The van der Waals surface area contributed by atoms with E-state index in [9.17, 15) is 13.2 Å². The molecule has 1 aromatic heterocycles. The first-order valence-corrected chi connectivity index (χ1v) is 10.5. The van der Waals surface area contributed by atoms with Crippen molar-refractivity contribution in [2.24, 2.45) is 0 Å². The molecule has 1 atom stereocenters. The minimum atomic E-state index is -3.06. The number of rotatable bonds is 5. The molecule has 2 aromatic rings. The van der Waals surface area contributed by atoms with Crippen LogP contribution in [-0.2, 0) is 9.84 Å². The van der Waals surface area contributed by atoms with Gasteiger partial charge < -0.3 is 10.2 Å². The normalized spacial score (nSPS) is 17.9. The first-order chi connectivity index (χ1) is 12.9. The van der Waals surface area contributed by atoms with Crippen molar-refractivity contribution in [3.63, 3.8) is 0 Å². The fourth-order valence-electron chi connectivity index (χ4n) is 3.16. The van der Waals surface area contributed by atoms with E-state index in [1.54, 1.807) is 47.5 Å². The van der Waals surface area contributed by atoms with Crippen molar-refractivity contribution in [2.75, 3.05) is 23.4 Å². The first kappa shape index (κ1) is 18.9. The smallest absolute Gasteiger partial charge is 0.254 e. The molecular weight excluding hydrogens is 364 g/mol. The molecular formula is C19H20N4O3S. The monoisotopic (exact) mass is 384 g/mol. The van der Waals surface area contributed by atoms with E-state index in [-0.39, 0.29) is 23.5 Å². The van der Waals surface area contributed by atoms with Gasteiger partial charge in [0.05, 0.1) is 23.1 Å². The Labute approximate surface area is 158 Å². The summed E-state index contributed by atoms with van der Waals surface area (Å²) in [5.41, 5.74) is 1.76. The average Bonchev–Trinajstić information content (AvgIpc) is 3.02. The van der Waals surface area contributed by atoms with Gasteiger partial charge in [0, 0.05) is 30.0 Å². The third-order valence-electron chi connectivity index (χ3n) is 4.54. The molecule has 1 saturated heterocycles. The van der Waals surface area contributed by atoms with Gasteiger partial charge in [-0.05, 0) is 49.7 Å². The number of hydrogen-bond acceptors (Lipinski definition) is 6. The minimum absolute atomic E-state index is 0.0218. The number of amides is 1. The zero-order chi connectivity index (χ0) is 19.4. The second-order valence-electron chi connectivity index (χ2n) is 6.39. The fraction of sp³-hybridized carbons (Fsp3) is 0.316. The summed E-state index contributed by atoms with van der Waals surface area (Å²) < 4.78 is 23.5. The maximum absolute atomic E-state index is 12.9. The number of sulfone groups is 1. The van der Waals surface area contributed by atoms with Crippen LogP contribution in [0.1, 0.15) is 29.3 Å². The Bertz CT molecular complexity index is 981. The summed E-state index contributed by atoms with van der Waals surface area (Å²) in [6.07, 6.45) is 2.02. The van der Waals surface area contributed by atoms with Crippen LogP contribution in [0.25, 0.3) is 0 Å². The largest absolute Gasteiger partial charge is 0.340 e. The summed E-state index contributed by atoms with van der Waals surface area (Å²) in [6, 6.07) is 11.9. The maximum Gasteiger partial charge on any atom is 0.254 e. The lowest BCUT2D eigenvalue weighted by Crippen LogP contribution is -2.41. The topological polar surface area (TPSA) is 103 Å². The Morgan fingerprint density at radius 2 is 2.07 bits per heavy atom. The van der Waals surface area contributed by atoms with Crippen molar-refractivity contribution in [2.45, 2.75) is 19.4 Å². The van der Waals surface area contributed by atoms with E-state index in [0.29, 0.717) is 29.9 Å². The second kappa shape index (κ2) is 7.76. The number of hydrogen-bond donors (Lipinski definition) is 1. The van der Waals surface area contributed by atoms with Crippen LogP contribution in [0.5, 0.6) is 0 Å². The van der Waals surface area contributed by atoms with E-state index >= 15 is 0 Å². The van der Waals surface area contributed by atoms with Crippen molar-refractivity contribution in [1.29, 1.82) is 5.26 Å². The number of pyridine rings is 1. The molecule has 7 nitrogen and oxygen atoms in total. The quantitative estimate of drug-likeness (QED) is 0.849. The van der Waals surface area contributed by atoms with Crippen molar-refractivity contribution in [1.82, 2.24) is 9.88 Å². The van der Waals surface area contributed by atoms with Gasteiger partial charge in [0.15, 0.2) is 9.84 Å². The van der Waals surface area contributed by atoms with E-state index in [2.05, 4.69) is 16.4 Å². The number of anilines is 2. The highest BCUT2D eigenvalue weighted by atomic mass is 32.2. The Balaban J connectivity index is 1.77. The summed E-state index contributed by atoms with van der Waals surface area (Å²) in [4.78, 5) is 18.7. The lowest BCUT2D eigenvalue weighted by molar-refractivity contribution is 0.0708. The van der Waals surface area contributed by atoms with Gasteiger partial charge in [0.25, 0.3) is 5.91 Å². The van der Waals surface area contributed by atoms with Crippen LogP contribution < -0.4 is 5.32 Å². The molecule has 1 aliphatic heterocycles. The third kappa shape index (κ3) is 4.44. The number of benzene rings is 1. The summed E-state index contributed by atoms with van der Waals surface area (Å²) in [7, 11) is -3.06. The minimum Gasteiger partial charge on any atom is -0.340 e. The Hall–Kier alpha value is -2.92. The van der Waals surface area contributed by atoms with E-state index in [4.69, 9.17) is 5.26 Å².